The van der Waals surface area contributed by atoms with Crippen LogP contribution in [0.5, 0.6) is 5.75 Å². The van der Waals surface area contributed by atoms with Crippen LogP contribution in [0.4, 0.5) is 0 Å². The number of methoxy groups -OCH3 is 1. The maximum absolute atomic E-state index is 12.5. The van der Waals surface area contributed by atoms with Crippen molar-refractivity contribution in [2.75, 3.05) is 26.9 Å². The molecule has 1 aromatic carbocycles. The van der Waals surface area contributed by atoms with E-state index in [9.17, 15) is 10.1 Å². The molecule has 26 heavy (non-hydrogen) atoms. The van der Waals surface area contributed by atoms with Crippen molar-refractivity contribution in [1.29, 1.82) is 5.26 Å². The minimum Gasteiger partial charge on any atom is -0.496 e. The van der Waals surface area contributed by atoms with Crippen molar-refractivity contribution >= 4 is 5.97 Å². The largest absolute Gasteiger partial charge is 0.496 e. The van der Waals surface area contributed by atoms with Gasteiger partial charge in [-0.2, -0.15) is 5.26 Å². The summed E-state index contributed by atoms with van der Waals surface area (Å²) in [7, 11) is 1.59. The van der Waals surface area contributed by atoms with E-state index in [1.165, 1.54) is 0 Å². The van der Waals surface area contributed by atoms with Gasteiger partial charge in [0.25, 0.3) is 0 Å². The number of nitriles is 1. The predicted molar refractivity (Wildman–Crippen MR) is 95.7 cm³/mol. The molecule has 0 aromatic heterocycles. The number of nitrogens with zero attached hydrogens (tertiary/aromatic N) is 1. The van der Waals surface area contributed by atoms with Gasteiger partial charge in [0.05, 0.1) is 33.0 Å². The maximum atomic E-state index is 12.5. The second kappa shape index (κ2) is 9.02. The van der Waals surface area contributed by atoms with Crippen molar-refractivity contribution in [3.8, 4) is 11.8 Å². The van der Waals surface area contributed by atoms with Gasteiger partial charge in [-0.05, 0) is 32.8 Å². The summed E-state index contributed by atoms with van der Waals surface area (Å²) >= 11 is 0. The Morgan fingerprint density at radius 3 is 2.69 bits per heavy atom. The van der Waals surface area contributed by atoms with E-state index in [0.717, 1.165) is 11.1 Å². The van der Waals surface area contributed by atoms with Crippen molar-refractivity contribution in [1.82, 2.24) is 0 Å². The van der Waals surface area contributed by atoms with E-state index in [0.29, 0.717) is 31.8 Å². The van der Waals surface area contributed by atoms with E-state index in [2.05, 4.69) is 6.07 Å². The number of ether oxygens (including phenoxy) is 4. The van der Waals surface area contributed by atoms with Crippen LogP contribution >= 0.6 is 0 Å². The van der Waals surface area contributed by atoms with Crippen LogP contribution in [-0.2, 0) is 24.4 Å². The van der Waals surface area contributed by atoms with Gasteiger partial charge in [0, 0.05) is 11.0 Å². The molecule has 6 heteroatoms. The van der Waals surface area contributed by atoms with E-state index >= 15 is 0 Å². The Labute approximate surface area is 155 Å². The Morgan fingerprint density at radius 2 is 2.12 bits per heavy atom. The predicted octanol–water partition coefficient (Wildman–Crippen LogP) is 3.12. The molecule has 1 aliphatic heterocycles. The highest BCUT2D eigenvalue weighted by Gasteiger charge is 2.44. The lowest BCUT2D eigenvalue weighted by Crippen LogP contribution is -2.39. The van der Waals surface area contributed by atoms with Gasteiger partial charge in [0.1, 0.15) is 5.75 Å². The van der Waals surface area contributed by atoms with Gasteiger partial charge in [0.15, 0.2) is 12.2 Å². The molecule has 0 bridgehead atoms. The molecule has 0 aliphatic carbocycles. The van der Waals surface area contributed by atoms with Gasteiger partial charge in [-0.25, -0.2) is 0 Å². The summed E-state index contributed by atoms with van der Waals surface area (Å²) in [6.07, 6.45) is 0.784. The molecule has 1 saturated heterocycles. The van der Waals surface area contributed by atoms with Gasteiger partial charge in [-0.15, -0.1) is 0 Å². The number of rotatable bonds is 8. The van der Waals surface area contributed by atoms with Crippen molar-refractivity contribution in [2.24, 2.45) is 5.92 Å². The van der Waals surface area contributed by atoms with Crippen molar-refractivity contribution in [3.05, 3.63) is 29.3 Å². The van der Waals surface area contributed by atoms with Crippen LogP contribution in [0, 0.1) is 24.2 Å². The molecule has 0 N–H and O–H groups in total. The minimum absolute atomic E-state index is 0.229. The Hall–Kier alpha value is -2.10. The summed E-state index contributed by atoms with van der Waals surface area (Å²) in [6, 6.07) is 7.94. The first-order valence-electron chi connectivity index (χ1n) is 8.90. The van der Waals surface area contributed by atoms with Crippen LogP contribution in [0.15, 0.2) is 18.2 Å². The monoisotopic (exact) mass is 361 g/mol. The number of carbonyl (C=O) groups excluding carboxylic acids is 1. The third-order valence-electron chi connectivity index (χ3n) is 4.85. The SMILES string of the molecule is CCOC(=O)C(C#N)C(C)(CCC1OCCO1)c1cc(C)ccc1OC. The van der Waals surface area contributed by atoms with Gasteiger partial charge in [0.2, 0.25) is 0 Å². The summed E-state index contributed by atoms with van der Waals surface area (Å²) < 4.78 is 21.8. The number of aryl methyl sites for hydroxylation is 1. The molecule has 1 aromatic rings. The van der Waals surface area contributed by atoms with E-state index < -0.39 is 17.3 Å². The molecular formula is C20H27NO5. The first-order valence-corrected chi connectivity index (χ1v) is 8.90. The minimum atomic E-state index is -0.959. The second-order valence-electron chi connectivity index (χ2n) is 6.65. The summed E-state index contributed by atoms with van der Waals surface area (Å²) in [5.41, 5.74) is 1.05. The quantitative estimate of drug-likeness (QED) is 0.662. The summed E-state index contributed by atoms with van der Waals surface area (Å²) in [4.78, 5) is 12.5. The Bertz CT molecular complexity index is 663. The molecule has 6 nitrogen and oxygen atoms in total. The van der Waals surface area contributed by atoms with Crippen molar-refractivity contribution in [2.45, 2.75) is 45.3 Å². The lowest BCUT2D eigenvalue weighted by atomic mass is 9.68. The second-order valence-corrected chi connectivity index (χ2v) is 6.65. The van der Waals surface area contributed by atoms with Crippen LogP contribution in [0.1, 0.15) is 37.8 Å². The van der Waals surface area contributed by atoms with Gasteiger partial charge in [-0.3, -0.25) is 4.79 Å². The van der Waals surface area contributed by atoms with Crippen LogP contribution in [0.2, 0.25) is 0 Å². The normalized spacial score (nSPS) is 18.0. The lowest BCUT2D eigenvalue weighted by molar-refractivity contribution is -0.148. The average molecular weight is 361 g/mol. The van der Waals surface area contributed by atoms with E-state index in [1.54, 1.807) is 14.0 Å². The molecule has 1 heterocycles. The topological polar surface area (TPSA) is 77.8 Å². The third-order valence-corrected chi connectivity index (χ3v) is 4.85. The Balaban J connectivity index is 2.44. The first kappa shape index (κ1) is 20.2. The summed E-state index contributed by atoms with van der Waals surface area (Å²) in [5.74, 6) is -0.829. The molecule has 0 spiro atoms. The number of carbonyl (C=O) groups is 1. The van der Waals surface area contributed by atoms with E-state index in [-0.39, 0.29) is 12.9 Å². The highest BCUT2D eigenvalue weighted by molar-refractivity contribution is 5.78. The fourth-order valence-electron chi connectivity index (χ4n) is 3.38. The number of esters is 1. The van der Waals surface area contributed by atoms with Crippen LogP contribution in [-0.4, -0.2) is 39.2 Å². The van der Waals surface area contributed by atoms with E-state index in [4.69, 9.17) is 18.9 Å². The zero-order chi connectivity index (χ0) is 19.2. The molecular weight excluding hydrogens is 334 g/mol. The molecule has 0 amide bonds. The fraction of sp³-hybridized carbons (Fsp3) is 0.600. The maximum Gasteiger partial charge on any atom is 0.324 e. The fourth-order valence-corrected chi connectivity index (χ4v) is 3.38. The molecule has 2 rings (SSSR count). The van der Waals surface area contributed by atoms with Crippen LogP contribution < -0.4 is 4.74 Å². The highest BCUT2D eigenvalue weighted by atomic mass is 16.7. The van der Waals surface area contributed by atoms with Gasteiger partial charge in [-0.1, -0.05) is 24.6 Å². The molecule has 1 fully saturated rings. The number of hydrogen-bond donors (Lipinski definition) is 0. The zero-order valence-corrected chi connectivity index (χ0v) is 15.9. The summed E-state index contributed by atoms with van der Waals surface area (Å²) in [5, 5.41) is 9.79. The average Bonchev–Trinajstić information content (AvgIpc) is 3.14. The summed E-state index contributed by atoms with van der Waals surface area (Å²) in [6.45, 7) is 6.97. The highest BCUT2D eigenvalue weighted by Crippen LogP contribution is 2.43. The lowest BCUT2D eigenvalue weighted by Gasteiger charge is -2.35. The Kier molecular flexibility index (Phi) is 7.01. The molecule has 0 radical (unpaired) electrons. The number of benzene rings is 1. The molecule has 142 valence electrons. The zero-order valence-electron chi connectivity index (χ0n) is 15.9. The number of hydrogen-bond acceptors (Lipinski definition) is 6. The molecule has 2 unspecified atom stereocenters. The first-order chi connectivity index (χ1) is 12.5. The smallest absolute Gasteiger partial charge is 0.324 e. The van der Waals surface area contributed by atoms with Crippen LogP contribution in [0.3, 0.4) is 0 Å². The molecule has 0 saturated carbocycles. The standard InChI is InChI=1S/C20H27NO5/c1-5-24-19(22)16(13-21)20(3,9-8-18-25-10-11-26-18)15-12-14(2)6-7-17(15)23-4/h6-7,12,16,18H,5,8-11H2,1-4H3. The van der Waals surface area contributed by atoms with E-state index in [1.807, 2.05) is 32.0 Å². The van der Waals surface area contributed by atoms with Crippen molar-refractivity contribution in [3.63, 3.8) is 0 Å². The van der Waals surface area contributed by atoms with Crippen molar-refractivity contribution < 1.29 is 23.7 Å². The molecule has 2 atom stereocenters. The van der Waals surface area contributed by atoms with Crippen LogP contribution in [0.25, 0.3) is 0 Å². The molecule has 1 aliphatic rings. The van der Waals surface area contributed by atoms with Gasteiger partial charge < -0.3 is 18.9 Å². The third kappa shape index (κ3) is 4.35. The van der Waals surface area contributed by atoms with Gasteiger partial charge >= 0.3 is 5.97 Å². The Morgan fingerprint density at radius 1 is 1.42 bits per heavy atom.